The van der Waals surface area contributed by atoms with Gasteiger partial charge in [-0.2, -0.15) is 0 Å². The van der Waals surface area contributed by atoms with Crippen molar-refractivity contribution >= 4 is 11.8 Å². The second kappa shape index (κ2) is 15.4. The van der Waals surface area contributed by atoms with Crippen LogP contribution in [0.15, 0.2) is 60.7 Å². The Bertz CT molecular complexity index is 1320. The van der Waals surface area contributed by atoms with Gasteiger partial charge in [-0.05, 0) is 63.0 Å². The number of rotatable bonds is 12. The van der Waals surface area contributed by atoms with E-state index in [2.05, 4.69) is 32.6 Å². The Labute approximate surface area is 258 Å². The van der Waals surface area contributed by atoms with Gasteiger partial charge in [0.1, 0.15) is 36.2 Å². The number of aromatic hydroxyl groups is 2. The molecule has 0 spiro atoms. The number of carbonyl (C=O) groups is 2. The summed E-state index contributed by atoms with van der Waals surface area (Å²) in [7, 11) is 0. The van der Waals surface area contributed by atoms with Crippen molar-refractivity contribution in [3.05, 3.63) is 82.9 Å². The molecule has 2 heterocycles. The molecular formula is C34H42N4O6. The monoisotopic (exact) mass is 602 g/mol. The van der Waals surface area contributed by atoms with Gasteiger partial charge in [0.25, 0.3) is 11.8 Å². The van der Waals surface area contributed by atoms with Crippen LogP contribution < -0.4 is 20.1 Å². The lowest BCUT2D eigenvalue weighted by Gasteiger charge is -2.19. The van der Waals surface area contributed by atoms with Crippen molar-refractivity contribution in [1.29, 1.82) is 0 Å². The first-order chi connectivity index (χ1) is 21.5. The van der Waals surface area contributed by atoms with E-state index in [0.717, 1.165) is 88.6 Å². The van der Waals surface area contributed by atoms with E-state index in [9.17, 15) is 19.8 Å². The third kappa shape index (κ3) is 8.42. The van der Waals surface area contributed by atoms with Crippen molar-refractivity contribution in [1.82, 2.24) is 20.4 Å². The van der Waals surface area contributed by atoms with Crippen molar-refractivity contribution in [2.75, 3.05) is 52.5 Å². The topological polar surface area (TPSA) is 124 Å². The van der Waals surface area contributed by atoms with Gasteiger partial charge in [0.15, 0.2) is 0 Å². The zero-order chi connectivity index (χ0) is 30.7. The van der Waals surface area contributed by atoms with Crippen LogP contribution >= 0.6 is 0 Å². The van der Waals surface area contributed by atoms with E-state index in [0.29, 0.717) is 26.3 Å². The molecule has 10 heteroatoms. The van der Waals surface area contributed by atoms with E-state index < -0.39 is 11.8 Å². The summed E-state index contributed by atoms with van der Waals surface area (Å²) >= 11 is 0. The van der Waals surface area contributed by atoms with Crippen LogP contribution in [0.25, 0.3) is 0 Å². The number of hydrogen-bond acceptors (Lipinski definition) is 8. The van der Waals surface area contributed by atoms with Crippen molar-refractivity contribution in [2.45, 2.75) is 38.8 Å². The number of hydrogen-bond donors (Lipinski definition) is 4. The minimum Gasteiger partial charge on any atom is -0.507 e. The molecule has 234 valence electrons. The number of phenols is 2. The van der Waals surface area contributed by atoms with Crippen molar-refractivity contribution in [2.24, 2.45) is 0 Å². The van der Waals surface area contributed by atoms with Crippen molar-refractivity contribution < 1.29 is 29.3 Å². The average molecular weight is 603 g/mol. The number of para-hydroxylation sites is 2. The van der Waals surface area contributed by atoms with Gasteiger partial charge in [-0.1, -0.05) is 36.4 Å². The minimum atomic E-state index is -0.497. The molecule has 2 amide bonds. The molecule has 44 heavy (non-hydrogen) atoms. The maximum Gasteiger partial charge on any atom is 0.255 e. The lowest BCUT2D eigenvalue weighted by atomic mass is 10.1. The standard InChI is InChI=1S/C34H42N4O6/c39-29-22-28(34(42)36-14-6-8-16-38-18-20-44-32-12-4-2-10-26(32)24-38)30(40)21-27(29)33(41)35-13-5-7-15-37-17-19-43-31-11-3-1-9-25(31)23-37/h1-4,9-12,21-22,39-40H,5-8,13-20,23-24H2,(H,35,41)(H,36,42). The van der Waals surface area contributed by atoms with Crippen LogP contribution in [0, 0.1) is 0 Å². The minimum absolute atomic E-state index is 0.0664. The number of amides is 2. The maximum atomic E-state index is 12.7. The molecule has 3 aromatic carbocycles. The molecule has 0 saturated carbocycles. The van der Waals surface area contributed by atoms with Crippen LogP contribution in [-0.4, -0.2) is 84.3 Å². The number of phenolic OH excluding ortho intramolecular Hbond substituents is 2. The number of benzene rings is 3. The van der Waals surface area contributed by atoms with E-state index in [4.69, 9.17) is 9.47 Å². The number of unbranched alkanes of at least 4 members (excludes halogenated alkanes) is 2. The predicted molar refractivity (Wildman–Crippen MR) is 167 cm³/mol. The first-order valence-electron chi connectivity index (χ1n) is 15.5. The van der Waals surface area contributed by atoms with Gasteiger partial charge in [-0.25, -0.2) is 0 Å². The van der Waals surface area contributed by atoms with Crippen LogP contribution in [0.1, 0.15) is 57.5 Å². The summed E-state index contributed by atoms with van der Waals surface area (Å²) in [6.45, 7) is 7.27. The van der Waals surface area contributed by atoms with Crippen LogP contribution in [0.4, 0.5) is 0 Å². The Morgan fingerprint density at radius 1 is 0.659 bits per heavy atom. The molecule has 0 aliphatic carbocycles. The molecule has 5 rings (SSSR count). The van der Waals surface area contributed by atoms with E-state index >= 15 is 0 Å². The number of fused-ring (bicyclic) bond motifs is 2. The van der Waals surface area contributed by atoms with Crippen molar-refractivity contribution in [3.8, 4) is 23.0 Å². The van der Waals surface area contributed by atoms with Gasteiger partial charge < -0.3 is 30.3 Å². The summed E-state index contributed by atoms with van der Waals surface area (Å²) in [5.41, 5.74) is 2.22. The van der Waals surface area contributed by atoms with Crippen LogP contribution in [-0.2, 0) is 13.1 Å². The van der Waals surface area contributed by atoms with Crippen LogP contribution in [0.3, 0.4) is 0 Å². The molecule has 2 aliphatic heterocycles. The van der Waals surface area contributed by atoms with Gasteiger partial charge >= 0.3 is 0 Å². The molecule has 2 aliphatic rings. The second-order valence-corrected chi connectivity index (χ2v) is 11.3. The van der Waals surface area contributed by atoms with E-state index in [1.165, 1.54) is 11.1 Å². The van der Waals surface area contributed by atoms with Gasteiger partial charge in [0, 0.05) is 50.4 Å². The van der Waals surface area contributed by atoms with Gasteiger partial charge in [0.05, 0.1) is 11.1 Å². The molecule has 0 fully saturated rings. The Hall–Kier alpha value is -4.28. The molecule has 0 atom stereocenters. The molecule has 0 aromatic heterocycles. The summed E-state index contributed by atoms with van der Waals surface area (Å²) in [4.78, 5) is 30.1. The average Bonchev–Trinajstić information content (AvgIpc) is 3.37. The number of nitrogens with zero attached hydrogens (tertiary/aromatic N) is 2. The lowest BCUT2D eigenvalue weighted by Crippen LogP contribution is -2.29. The molecule has 10 nitrogen and oxygen atoms in total. The highest BCUT2D eigenvalue weighted by molar-refractivity contribution is 6.02. The zero-order valence-electron chi connectivity index (χ0n) is 25.1. The first-order valence-corrected chi connectivity index (χ1v) is 15.5. The van der Waals surface area contributed by atoms with Gasteiger partial charge in [-0.3, -0.25) is 19.4 Å². The molecule has 4 N–H and O–H groups in total. The Balaban J connectivity index is 1.00. The van der Waals surface area contributed by atoms with Gasteiger partial charge in [0.2, 0.25) is 0 Å². The quantitative estimate of drug-likeness (QED) is 0.182. The Morgan fingerprint density at radius 2 is 1.09 bits per heavy atom. The summed E-state index contributed by atoms with van der Waals surface area (Å²) in [6, 6.07) is 18.4. The lowest BCUT2D eigenvalue weighted by molar-refractivity contribution is 0.0935. The smallest absolute Gasteiger partial charge is 0.255 e. The number of ether oxygens (including phenoxy) is 2. The van der Waals surface area contributed by atoms with Crippen molar-refractivity contribution in [3.63, 3.8) is 0 Å². The molecule has 0 bridgehead atoms. The highest BCUT2D eigenvalue weighted by atomic mass is 16.5. The summed E-state index contributed by atoms with van der Waals surface area (Å²) in [6.07, 6.45) is 3.30. The second-order valence-electron chi connectivity index (χ2n) is 11.3. The summed E-state index contributed by atoms with van der Waals surface area (Å²) in [5, 5.41) is 26.6. The normalized spacial score (nSPS) is 15.1. The third-order valence-corrected chi connectivity index (χ3v) is 8.04. The molecule has 0 unspecified atom stereocenters. The Kier molecular flexibility index (Phi) is 10.9. The SMILES string of the molecule is O=C(NCCCCN1CCOc2ccccc2C1)c1cc(O)c(C(=O)NCCCCN2CCOc3ccccc3C2)cc1O. The van der Waals surface area contributed by atoms with Crippen LogP contribution in [0.5, 0.6) is 23.0 Å². The predicted octanol–water partition coefficient (Wildman–Crippen LogP) is 3.91. The fourth-order valence-corrected chi connectivity index (χ4v) is 5.60. The number of carbonyl (C=O) groups excluding carboxylic acids is 2. The van der Waals surface area contributed by atoms with Crippen LogP contribution in [0.2, 0.25) is 0 Å². The fourth-order valence-electron chi connectivity index (χ4n) is 5.60. The maximum absolute atomic E-state index is 12.7. The molecular weight excluding hydrogens is 560 g/mol. The largest absolute Gasteiger partial charge is 0.507 e. The highest BCUT2D eigenvalue weighted by Gasteiger charge is 2.20. The number of nitrogens with one attached hydrogen (secondary N) is 2. The Morgan fingerprint density at radius 3 is 1.55 bits per heavy atom. The molecule has 0 radical (unpaired) electrons. The zero-order valence-corrected chi connectivity index (χ0v) is 25.1. The summed E-state index contributed by atoms with van der Waals surface area (Å²) < 4.78 is 11.6. The van der Waals surface area contributed by atoms with Gasteiger partial charge in [-0.15, -0.1) is 0 Å². The third-order valence-electron chi connectivity index (χ3n) is 8.04. The van der Waals surface area contributed by atoms with E-state index in [1.807, 2.05) is 36.4 Å². The highest BCUT2D eigenvalue weighted by Crippen LogP contribution is 2.28. The molecule has 3 aromatic rings. The molecule has 0 saturated heterocycles. The summed E-state index contributed by atoms with van der Waals surface area (Å²) in [5.74, 6) is 0.188. The van der Waals surface area contributed by atoms with E-state index in [1.54, 1.807) is 0 Å². The first kappa shape index (κ1) is 31.2. The van der Waals surface area contributed by atoms with E-state index in [-0.39, 0.29) is 22.6 Å². The fraction of sp³-hybridized carbons (Fsp3) is 0.412.